The number of fused-ring (bicyclic) bond motifs is 1. The molecule has 3 aromatic rings. The quantitative estimate of drug-likeness (QED) is 0.787. The first-order chi connectivity index (χ1) is 10.3. The number of carboxylic acid groups (broad SMARTS) is 1. The standard InChI is InChI=1S/C17H17N3O2/c1-17(2,3)13-6-4-11(5-7-13)14-8-15-18-9-12(16(21)22)10-20(15)19-14/h4-10H,1-3H3,(H,21,22). The van der Waals surface area contributed by atoms with Crippen molar-refractivity contribution in [2.24, 2.45) is 0 Å². The molecule has 2 heterocycles. The minimum atomic E-state index is -1.01. The van der Waals surface area contributed by atoms with Crippen LogP contribution in [-0.4, -0.2) is 25.7 Å². The van der Waals surface area contributed by atoms with Gasteiger partial charge in [0.1, 0.15) is 0 Å². The Morgan fingerprint density at radius 3 is 2.45 bits per heavy atom. The zero-order valence-corrected chi connectivity index (χ0v) is 12.7. The first-order valence-electron chi connectivity index (χ1n) is 7.04. The number of benzene rings is 1. The highest BCUT2D eigenvalue weighted by Crippen LogP contribution is 2.25. The van der Waals surface area contributed by atoms with E-state index in [-0.39, 0.29) is 11.0 Å². The van der Waals surface area contributed by atoms with Gasteiger partial charge in [0.2, 0.25) is 0 Å². The Kier molecular flexibility index (Phi) is 3.20. The molecule has 5 nitrogen and oxygen atoms in total. The van der Waals surface area contributed by atoms with Gasteiger partial charge in [-0.2, -0.15) is 5.10 Å². The van der Waals surface area contributed by atoms with Crippen molar-refractivity contribution in [1.29, 1.82) is 0 Å². The van der Waals surface area contributed by atoms with Gasteiger partial charge in [-0.25, -0.2) is 14.3 Å². The summed E-state index contributed by atoms with van der Waals surface area (Å²) in [6.07, 6.45) is 2.81. The van der Waals surface area contributed by atoms with Crippen LogP contribution >= 0.6 is 0 Å². The van der Waals surface area contributed by atoms with E-state index in [0.29, 0.717) is 5.65 Å². The second kappa shape index (κ2) is 4.94. The molecule has 0 fully saturated rings. The summed E-state index contributed by atoms with van der Waals surface area (Å²) in [6.45, 7) is 6.51. The van der Waals surface area contributed by atoms with E-state index in [1.54, 1.807) is 0 Å². The largest absolute Gasteiger partial charge is 0.478 e. The number of aromatic nitrogens is 3. The Morgan fingerprint density at radius 1 is 1.18 bits per heavy atom. The number of carboxylic acids is 1. The SMILES string of the molecule is CC(C)(C)c1ccc(-c2cc3ncc(C(=O)O)cn3n2)cc1. The summed E-state index contributed by atoms with van der Waals surface area (Å²) in [7, 11) is 0. The first kappa shape index (κ1) is 14.3. The number of aromatic carboxylic acids is 1. The van der Waals surface area contributed by atoms with Crippen LogP contribution in [0, 0.1) is 0 Å². The summed E-state index contributed by atoms with van der Waals surface area (Å²) in [5.74, 6) is -1.01. The molecule has 0 aliphatic heterocycles. The maximum Gasteiger partial charge on any atom is 0.338 e. The molecule has 5 heteroatoms. The summed E-state index contributed by atoms with van der Waals surface area (Å²) in [4.78, 5) is 15.1. The van der Waals surface area contributed by atoms with Crippen LogP contribution < -0.4 is 0 Å². The van der Waals surface area contributed by atoms with Gasteiger partial charge in [-0.15, -0.1) is 0 Å². The Morgan fingerprint density at radius 2 is 1.86 bits per heavy atom. The third kappa shape index (κ3) is 2.57. The van der Waals surface area contributed by atoms with Crippen LogP contribution in [0.25, 0.3) is 16.9 Å². The summed E-state index contributed by atoms with van der Waals surface area (Å²) in [5, 5.41) is 13.4. The minimum Gasteiger partial charge on any atom is -0.478 e. The maximum atomic E-state index is 11.0. The molecule has 0 amide bonds. The predicted octanol–water partition coefficient (Wildman–Crippen LogP) is 3.39. The van der Waals surface area contributed by atoms with E-state index in [1.807, 2.05) is 18.2 Å². The Balaban J connectivity index is 2.01. The highest BCUT2D eigenvalue weighted by atomic mass is 16.4. The smallest absolute Gasteiger partial charge is 0.338 e. The van der Waals surface area contributed by atoms with Gasteiger partial charge < -0.3 is 5.11 Å². The van der Waals surface area contributed by atoms with Crippen LogP contribution in [0.2, 0.25) is 0 Å². The Bertz CT molecular complexity index is 842. The van der Waals surface area contributed by atoms with Gasteiger partial charge in [-0.1, -0.05) is 45.0 Å². The fraction of sp³-hybridized carbons (Fsp3) is 0.235. The van der Waals surface area contributed by atoms with Gasteiger partial charge in [-0.05, 0) is 11.0 Å². The molecule has 0 unspecified atom stereocenters. The fourth-order valence-electron chi connectivity index (χ4n) is 2.27. The topological polar surface area (TPSA) is 67.5 Å². The van der Waals surface area contributed by atoms with E-state index < -0.39 is 5.97 Å². The second-order valence-electron chi connectivity index (χ2n) is 6.31. The van der Waals surface area contributed by atoms with Gasteiger partial charge in [0.05, 0.1) is 11.3 Å². The van der Waals surface area contributed by atoms with Crippen molar-refractivity contribution in [2.45, 2.75) is 26.2 Å². The number of hydrogen-bond donors (Lipinski definition) is 1. The Hall–Kier alpha value is -2.69. The lowest BCUT2D eigenvalue weighted by Crippen LogP contribution is -2.10. The third-order valence-electron chi connectivity index (χ3n) is 3.61. The third-order valence-corrected chi connectivity index (χ3v) is 3.61. The number of carbonyl (C=O) groups is 1. The molecule has 0 saturated heterocycles. The molecule has 0 spiro atoms. The lowest BCUT2D eigenvalue weighted by atomic mass is 9.86. The molecule has 0 aliphatic rings. The van der Waals surface area contributed by atoms with E-state index in [0.717, 1.165) is 11.3 Å². The van der Waals surface area contributed by atoms with Crippen LogP contribution in [-0.2, 0) is 5.41 Å². The molecular formula is C17H17N3O2. The van der Waals surface area contributed by atoms with E-state index in [1.165, 1.54) is 22.5 Å². The Labute approximate surface area is 128 Å². The lowest BCUT2D eigenvalue weighted by molar-refractivity contribution is 0.0695. The number of nitrogens with zero attached hydrogens (tertiary/aromatic N) is 3. The summed E-state index contributed by atoms with van der Waals surface area (Å²) in [6, 6.07) is 10.1. The number of hydrogen-bond acceptors (Lipinski definition) is 3. The van der Waals surface area contributed by atoms with Crippen molar-refractivity contribution < 1.29 is 9.90 Å². The van der Waals surface area contributed by atoms with Crippen LogP contribution in [0.4, 0.5) is 0 Å². The van der Waals surface area contributed by atoms with Gasteiger partial charge in [0, 0.05) is 24.0 Å². The molecule has 1 N–H and O–H groups in total. The van der Waals surface area contributed by atoms with Crippen molar-refractivity contribution in [3.8, 4) is 11.3 Å². The average Bonchev–Trinajstić information content (AvgIpc) is 2.89. The molecule has 2 aromatic heterocycles. The van der Waals surface area contributed by atoms with Crippen LogP contribution in [0.15, 0.2) is 42.7 Å². The highest BCUT2D eigenvalue weighted by Gasteiger charge is 2.14. The van der Waals surface area contributed by atoms with Crippen molar-refractivity contribution in [1.82, 2.24) is 14.6 Å². The molecule has 3 rings (SSSR count). The van der Waals surface area contributed by atoms with E-state index in [2.05, 4.69) is 43.0 Å². The van der Waals surface area contributed by atoms with E-state index in [4.69, 9.17) is 5.11 Å². The molecule has 0 radical (unpaired) electrons. The van der Waals surface area contributed by atoms with Crippen LogP contribution in [0.5, 0.6) is 0 Å². The summed E-state index contributed by atoms with van der Waals surface area (Å²) >= 11 is 0. The van der Waals surface area contributed by atoms with E-state index in [9.17, 15) is 4.79 Å². The van der Waals surface area contributed by atoms with Crippen molar-refractivity contribution >= 4 is 11.6 Å². The zero-order chi connectivity index (χ0) is 15.9. The number of rotatable bonds is 2. The van der Waals surface area contributed by atoms with Gasteiger partial charge in [-0.3, -0.25) is 0 Å². The van der Waals surface area contributed by atoms with Crippen LogP contribution in [0.1, 0.15) is 36.7 Å². The van der Waals surface area contributed by atoms with Crippen molar-refractivity contribution in [2.75, 3.05) is 0 Å². The normalized spacial score (nSPS) is 11.8. The molecule has 1 aromatic carbocycles. The lowest BCUT2D eigenvalue weighted by Gasteiger charge is -2.18. The zero-order valence-electron chi connectivity index (χ0n) is 12.7. The van der Waals surface area contributed by atoms with Crippen LogP contribution in [0.3, 0.4) is 0 Å². The predicted molar refractivity (Wildman–Crippen MR) is 84.1 cm³/mol. The highest BCUT2D eigenvalue weighted by molar-refractivity contribution is 5.87. The molecular weight excluding hydrogens is 278 g/mol. The molecule has 0 aliphatic carbocycles. The van der Waals surface area contributed by atoms with Crippen molar-refractivity contribution in [3.63, 3.8) is 0 Å². The van der Waals surface area contributed by atoms with Gasteiger partial charge >= 0.3 is 5.97 Å². The maximum absolute atomic E-state index is 11.0. The fourth-order valence-corrected chi connectivity index (χ4v) is 2.27. The van der Waals surface area contributed by atoms with Crippen molar-refractivity contribution in [3.05, 3.63) is 53.9 Å². The molecule has 0 atom stereocenters. The first-order valence-corrected chi connectivity index (χ1v) is 7.04. The average molecular weight is 295 g/mol. The monoisotopic (exact) mass is 295 g/mol. The van der Waals surface area contributed by atoms with Gasteiger partial charge in [0.25, 0.3) is 0 Å². The molecule has 0 saturated carbocycles. The molecule has 22 heavy (non-hydrogen) atoms. The molecule has 112 valence electrons. The summed E-state index contributed by atoms with van der Waals surface area (Å²) < 4.78 is 1.50. The van der Waals surface area contributed by atoms with E-state index >= 15 is 0 Å². The minimum absolute atomic E-state index is 0.107. The second-order valence-corrected chi connectivity index (χ2v) is 6.31. The summed E-state index contributed by atoms with van der Waals surface area (Å²) in [5.41, 5.74) is 3.86. The van der Waals surface area contributed by atoms with Gasteiger partial charge in [0.15, 0.2) is 5.65 Å². The molecule has 0 bridgehead atoms.